The van der Waals surface area contributed by atoms with Crippen molar-refractivity contribution < 1.29 is 23.4 Å². The highest BCUT2D eigenvalue weighted by Gasteiger charge is 2.42. The third-order valence-corrected chi connectivity index (χ3v) is 7.08. The fourth-order valence-electron chi connectivity index (χ4n) is 5.20. The van der Waals surface area contributed by atoms with Crippen molar-refractivity contribution in [2.45, 2.75) is 57.0 Å². The number of anilines is 1. The zero-order valence-electron chi connectivity index (χ0n) is 19.1. The second kappa shape index (κ2) is 8.76. The topological polar surface area (TPSA) is 110 Å². The Morgan fingerprint density at radius 2 is 1.91 bits per heavy atom. The van der Waals surface area contributed by atoms with E-state index in [1.165, 1.54) is 6.33 Å². The van der Waals surface area contributed by atoms with E-state index in [1.54, 1.807) is 18.2 Å². The number of pyridine rings is 1. The van der Waals surface area contributed by atoms with Crippen molar-refractivity contribution in [2.75, 3.05) is 5.73 Å². The van der Waals surface area contributed by atoms with Gasteiger partial charge >= 0.3 is 6.18 Å². The highest BCUT2D eigenvalue weighted by molar-refractivity contribution is 5.82. The van der Waals surface area contributed by atoms with E-state index in [-0.39, 0.29) is 12.0 Å². The Balaban J connectivity index is 1.33. The van der Waals surface area contributed by atoms with Gasteiger partial charge in [0.05, 0.1) is 28.9 Å². The minimum atomic E-state index is -4.56. The Hall–Kier alpha value is -3.24. The van der Waals surface area contributed by atoms with E-state index in [0.29, 0.717) is 30.2 Å². The van der Waals surface area contributed by atoms with Crippen LogP contribution in [0.4, 0.5) is 19.0 Å². The summed E-state index contributed by atoms with van der Waals surface area (Å²) in [6, 6.07) is 7.73. The van der Waals surface area contributed by atoms with Gasteiger partial charge in [-0.2, -0.15) is 13.2 Å². The monoisotopic (exact) mass is 485 g/mol. The van der Waals surface area contributed by atoms with Crippen LogP contribution in [0, 0.1) is 5.92 Å². The van der Waals surface area contributed by atoms with Gasteiger partial charge in [-0.15, -0.1) is 0 Å². The van der Waals surface area contributed by atoms with Crippen molar-refractivity contribution in [3.63, 3.8) is 0 Å². The molecule has 1 aromatic carbocycles. The molecule has 3 aromatic heterocycles. The van der Waals surface area contributed by atoms with Crippen LogP contribution in [0.5, 0.6) is 0 Å². The number of benzene rings is 1. The van der Waals surface area contributed by atoms with E-state index in [2.05, 4.69) is 15.0 Å². The van der Waals surface area contributed by atoms with Gasteiger partial charge in [0.25, 0.3) is 0 Å². The number of fused-ring (bicyclic) bond motifs is 2. The Morgan fingerprint density at radius 1 is 1.11 bits per heavy atom. The Bertz CT molecular complexity index is 1390. The van der Waals surface area contributed by atoms with Gasteiger partial charge < -0.3 is 20.5 Å². The number of nitrogens with zero attached hydrogens (tertiary/aromatic N) is 4. The first-order valence-electron chi connectivity index (χ1n) is 11.6. The van der Waals surface area contributed by atoms with E-state index in [0.717, 1.165) is 34.8 Å². The summed E-state index contributed by atoms with van der Waals surface area (Å²) in [6.45, 7) is 2.02. The molecular formula is C25H26F3N5O2. The number of alkyl halides is 3. The quantitative estimate of drug-likeness (QED) is 0.393. The molecule has 1 saturated carbocycles. The Morgan fingerprint density at radius 3 is 2.66 bits per heavy atom. The molecule has 0 saturated heterocycles. The molecule has 184 valence electrons. The molecule has 0 aliphatic heterocycles. The predicted molar refractivity (Wildman–Crippen MR) is 126 cm³/mol. The fourth-order valence-corrected chi connectivity index (χ4v) is 5.20. The largest absolute Gasteiger partial charge is 0.419 e. The smallest absolute Gasteiger partial charge is 0.390 e. The maximum atomic E-state index is 13.1. The van der Waals surface area contributed by atoms with E-state index in [1.807, 2.05) is 23.8 Å². The standard InChI is InChI=1S/C25H26F3N5O2/c1-2-18-16-7-8-33(24(16)31-12-30-18)20-11-15(21(34)22(20)35)6-4-13-3-5-14-10-17(25(26,27)28)23(29)32-19(14)9-13/h3,5,7-10,12,15,20-22,34-35H,2,4,6,11H2,1H3,(H2,29,32)/t15-,20+,21+,22-/m0/s1. The molecule has 0 unspecified atom stereocenters. The van der Waals surface area contributed by atoms with E-state index in [4.69, 9.17) is 5.73 Å². The number of nitrogen functional groups attached to an aromatic ring is 1. The molecule has 1 aliphatic rings. The Kier molecular flexibility index (Phi) is 5.88. The molecule has 35 heavy (non-hydrogen) atoms. The van der Waals surface area contributed by atoms with Crippen molar-refractivity contribution in [1.29, 1.82) is 0 Å². The SMILES string of the molecule is CCc1ncnc2c1ccn2[C@@H]1C[C@H](CCc2ccc3cc(C(F)(F)F)c(N)nc3c2)[C@@H](O)[C@H]1O. The zero-order valence-corrected chi connectivity index (χ0v) is 19.1. The highest BCUT2D eigenvalue weighted by Crippen LogP contribution is 2.40. The summed E-state index contributed by atoms with van der Waals surface area (Å²) in [6.07, 6.45) is -0.464. The van der Waals surface area contributed by atoms with Gasteiger partial charge in [0.2, 0.25) is 0 Å². The first-order valence-corrected chi connectivity index (χ1v) is 11.6. The number of hydrogen-bond donors (Lipinski definition) is 3. The molecule has 7 nitrogen and oxygen atoms in total. The van der Waals surface area contributed by atoms with Crippen LogP contribution in [0.1, 0.15) is 42.6 Å². The van der Waals surface area contributed by atoms with Crippen LogP contribution in [0.3, 0.4) is 0 Å². The number of aromatic nitrogens is 4. The normalized spacial score (nSPS) is 22.9. The van der Waals surface area contributed by atoms with Gasteiger partial charge in [0.1, 0.15) is 23.9 Å². The summed E-state index contributed by atoms with van der Waals surface area (Å²) in [7, 11) is 0. The molecule has 5 rings (SSSR count). The van der Waals surface area contributed by atoms with Crippen LogP contribution in [0.15, 0.2) is 42.9 Å². The summed E-state index contributed by atoms with van der Waals surface area (Å²) in [5.41, 5.74) is 7.55. The van der Waals surface area contributed by atoms with Gasteiger partial charge in [-0.25, -0.2) is 15.0 Å². The maximum Gasteiger partial charge on any atom is 0.419 e. The predicted octanol–water partition coefficient (Wildman–Crippen LogP) is 4.06. The molecule has 0 bridgehead atoms. The van der Waals surface area contributed by atoms with Crippen molar-refractivity contribution >= 4 is 27.8 Å². The van der Waals surface area contributed by atoms with Crippen molar-refractivity contribution in [2.24, 2.45) is 5.92 Å². The number of halogens is 3. The van der Waals surface area contributed by atoms with Gasteiger partial charge in [-0.1, -0.05) is 19.1 Å². The summed E-state index contributed by atoms with van der Waals surface area (Å²) >= 11 is 0. The molecule has 1 aliphatic carbocycles. The van der Waals surface area contributed by atoms with Crippen LogP contribution >= 0.6 is 0 Å². The summed E-state index contributed by atoms with van der Waals surface area (Å²) < 4.78 is 41.2. The number of aliphatic hydroxyl groups excluding tert-OH is 2. The van der Waals surface area contributed by atoms with Crippen LogP contribution in [0.25, 0.3) is 21.9 Å². The molecule has 1 fully saturated rings. The van der Waals surface area contributed by atoms with Crippen LogP contribution in [-0.4, -0.2) is 41.9 Å². The lowest BCUT2D eigenvalue weighted by Gasteiger charge is -2.19. The minimum Gasteiger partial charge on any atom is -0.390 e. The maximum absolute atomic E-state index is 13.1. The van der Waals surface area contributed by atoms with Gasteiger partial charge in [-0.05, 0) is 55.4 Å². The molecule has 10 heteroatoms. The minimum absolute atomic E-state index is 0.152. The van der Waals surface area contributed by atoms with Crippen molar-refractivity contribution in [3.8, 4) is 0 Å². The van der Waals surface area contributed by atoms with E-state index < -0.39 is 29.8 Å². The second-order valence-electron chi connectivity index (χ2n) is 9.16. The highest BCUT2D eigenvalue weighted by atomic mass is 19.4. The first-order chi connectivity index (χ1) is 16.7. The molecule has 4 aromatic rings. The molecule has 4 N–H and O–H groups in total. The lowest BCUT2D eigenvalue weighted by Crippen LogP contribution is -2.29. The van der Waals surface area contributed by atoms with E-state index >= 15 is 0 Å². The van der Waals surface area contributed by atoms with E-state index in [9.17, 15) is 23.4 Å². The summed E-state index contributed by atoms with van der Waals surface area (Å²) in [4.78, 5) is 12.7. The molecular weight excluding hydrogens is 459 g/mol. The molecule has 4 atom stereocenters. The molecule has 0 spiro atoms. The third-order valence-electron chi connectivity index (χ3n) is 7.08. The molecule has 0 radical (unpaired) electrons. The average molecular weight is 486 g/mol. The summed E-state index contributed by atoms with van der Waals surface area (Å²) in [5, 5.41) is 22.9. The number of hydrogen-bond acceptors (Lipinski definition) is 6. The van der Waals surface area contributed by atoms with Gasteiger partial charge in [-0.3, -0.25) is 0 Å². The third kappa shape index (κ3) is 4.21. The number of aliphatic hydroxyl groups is 2. The fraction of sp³-hybridized carbons (Fsp3) is 0.400. The number of aryl methyl sites for hydroxylation is 2. The van der Waals surface area contributed by atoms with Crippen LogP contribution < -0.4 is 5.73 Å². The summed E-state index contributed by atoms with van der Waals surface area (Å²) in [5.74, 6) is -0.699. The van der Waals surface area contributed by atoms with Gasteiger partial charge in [0.15, 0.2) is 0 Å². The number of rotatable bonds is 5. The molecule has 0 amide bonds. The average Bonchev–Trinajstić information content (AvgIpc) is 3.37. The molecule has 3 heterocycles. The van der Waals surface area contributed by atoms with Crippen molar-refractivity contribution in [1.82, 2.24) is 19.5 Å². The Labute approximate surface area is 199 Å². The first kappa shape index (κ1) is 23.5. The van der Waals surface area contributed by atoms with Crippen LogP contribution in [0.2, 0.25) is 0 Å². The van der Waals surface area contributed by atoms with Crippen LogP contribution in [-0.2, 0) is 19.0 Å². The lowest BCUT2D eigenvalue weighted by molar-refractivity contribution is -0.137. The zero-order chi connectivity index (χ0) is 24.9. The lowest BCUT2D eigenvalue weighted by atomic mass is 9.95. The van der Waals surface area contributed by atoms with Gasteiger partial charge in [0, 0.05) is 17.0 Å². The van der Waals surface area contributed by atoms with Crippen molar-refractivity contribution in [3.05, 3.63) is 59.7 Å². The second-order valence-corrected chi connectivity index (χ2v) is 9.16. The number of nitrogens with two attached hydrogens (primary N) is 1.